The first-order chi connectivity index (χ1) is 14.6. The van der Waals surface area contributed by atoms with E-state index in [-0.39, 0.29) is 23.6 Å². The van der Waals surface area contributed by atoms with Crippen molar-refractivity contribution in [2.24, 2.45) is 4.99 Å². The van der Waals surface area contributed by atoms with Gasteiger partial charge < -0.3 is 19.6 Å². The molecule has 3 heterocycles. The maximum Gasteiger partial charge on any atom is 0.327 e. The molecule has 0 atom stereocenters. The van der Waals surface area contributed by atoms with Crippen LogP contribution in [0.2, 0.25) is 0 Å². The summed E-state index contributed by atoms with van der Waals surface area (Å²) in [6, 6.07) is 7.44. The van der Waals surface area contributed by atoms with Gasteiger partial charge in [-0.2, -0.15) is 19.6 Å². The molecule has 1 saturated carbocycles. The van der Waals surface area contributed by atoms with Crippen molar-refractivity contribution in [2.75, 3.05) is 7.11 Å². The van der Waals surface area contributed by atoms with Crippen LogP contribution < -0.4 is 26.0 Å². The summed E-state index contributed by atoms with van der Waals surface area (Å²) in [7, 11) is 1.55. The van der Waals surface area contributed by atoms with Crippen molar-refractivity contribution in [3.63, 3.8) is 0 Å². The number of hydrogen-bond donors (Lipinski definition) is 3. The van der Waals surface area contributed by atoms with Gasteiger partial charge >= 0.3 is 11.7 Å². The van der Waals surface area contributed by atoms with E-state index < -0.39 is 5.69 Å². The Labute approximate surface area is 168 Å². The summed E-state index contributed by atoms with van der Waals surface area (Å²) in [4.78, 5) is 29.7. The highest BCUT2D eigenvalue weighted by molar-refractivity contribution is 5.56. The van der Waals surface area contributed by atoms with Crippen LogP contribution in [-0.2, 0) is 0 Å². The summed E-state index contributed by atoms with van der Waals surface area (Å²) in [5.41, 5.74) is 0.463. The molecule has 1 aliphatic rings. The number of H-pyrrole nitrogens is 2. The first kappa shape index (κ1) is 17.9. The third-order valence-electron chi connectivity index (χ3n) is 4.51. The van der Waals surface area contributed by atoms with E-state index in [1.165, 1.54) is 4.52 Å². The zero-order valence-corrected chi connectivity index (χ0v) is 15.9. The Bertz CT molecular complexity index is 1410. The van der Waals surface area contributed by atoms with Gasteiger partial charge in [-0.15, -0.1) is 0 Å². The van der Waals surface area contributed by atoms with E-state index in [2.05, 4.69) is 30.0 Å². The standard InChI is InChI=1S/C19H17N7O4/c1-29-13-4-2-3-5-14(13)30-19-23-15-10(8-12-16(27)24-18(28)22-12)9-20-26(15)17(25-19)21-11-6-7-11/h2-5,8-9,11,27H,6-7H2,1H3,(H2,22,24,28). The molecular weight excluding hydrogens is 390 g/mol. The van der Waals surface area contributed by atoms with Crippen molar-refractivity contribution < 1.29 is 14.6 Å². The van der Waals surface area contributed by atoms with Gasteiger partial charge in [0.1, 0.15) is 5.69 Å². The monoisotopic (exact) mass is 407 g/mol. The van der Waals surface area contributed by atoms with Crippen molar-refractivity contribution in [3.8, 4) is 23.4 Å². The molecule has 11 heteroatoms. The van der Waals surface area contributed by atoms with Crippen LogP contribution in [-0.4, -0.2) is 47.8 Å². The minimum Gasteiger partial charge on any atom is -0.493 e. The highest BCUT2D eigenvalue weighted by atomic mass is 16.5. The zero-order valence-electron chi connectivity index (χ0n) is 15.9. The number of rotatable bonds is 5. The molecular formula is C19H17N7O4. The molecule has 1 aliphatic carbocycles. The van der Waals surface area contributed by atoms with Crippen LogP contribution in [0.25, 0.3) is 11.7 Å². The minimum absolute atomic E-state index is 0.0772. The molecule has 0 aliphatic heterocycles. The van der Waals surface area contributed by atoms with Crippen LogP contribution in [0.3, 0.4) is 0 Å². The van der Waals surface area contributed by atoms with Crippen molar-refractivity contribution in [2.45, 2.75) is 18.9 Å². The number of aromatic amines is 2. The van der Waals surface area contributed by atoms with Gasteiger partial charge in [-0.25, -0.2) is 9.79 Å². The Hall–Kier alpha value is -4.15. The number of benzene rings is 1. The molecule has 3 N–H and O–H groups in total. The molecule has 152 valence electrons. The van der Waals surface area contributed by atoms with E-state index in [0.29, 0.717) is 28.0 Å². The third kappa shape index (κ3) is 3.36. The van der Waals surface area contributed by atoms with E-state index in [9.17, 15) is 9.90 Å². The fourth-order valence-electron chi connectivity index (χ4n) is 2.91. The number of methoxy groups -OCH3 is 1. The van der Waals surface area contributed by atoms with Crippen molar-refractivity contribution in [1.29, 1.82) is 0 Å². The highest BCUT2D eigenvalue weighted by Crippen LogP contribution is 2.29. The Morgan fingerprint density at radius 3 is 2.73 bits per heavy atom. The number of para-hydroxylation sites is 2. The molecule has 5 rings (SSSR count). The quantitative estimate of drug-likeness (QED) is 0.430. The predicted molar refractivity (Wildman–Crippen MR) is 104 cm³/mol. The molecule has 3 aromatic heterocycles. The van der Waals surface area contributed by atoms with Crippen LogP contribution in [0.15, 0.2) is 40.2 Å². The third-order valence-corrected chi connectivity index (χ3v) is 4.51. The molecule has 0 radical (unpaired) electrons. The summed E-state index contributed by atoms with van der Waals surface area (Å²) in [5, 5.41) is 14.7. The van der Waals surface area contributed by atoms with E-state index in [1.807, 2.05) is 12.1 Å². The van der Waals surface area contributed by atoms with Gasteiger partial charge in [-0.1, -0.05) is 12.1 Å². The SMILES string of the molecule is COc1ccccc1Oc1nc(=NC2CC2)n2ncc(=Cc3[nH]c(=O)[nH]c3O)c2n1. The van der Waals surface area contributed by atoms with E-state index >= 15 is 0 Å². The number of fused-ring (bicyclic) bond motifs is 1. The second-order valence-electron chi connectivity index (χ2n) is 6.74. The maximum absolute atomic E-state index is 11.4. The average Bonchev–Trinajstić information content (AvgIpc) is 3.37. The lowest BCUT2D eigenvalue weighted by Gasteiger charge is -2.08. The second-order valence-corrected chi connectivity index (χ2v) is 6.74. The molecule has 0 bridgehead atoms. The Balaban J connectivity index is 1.68. The van der Waals surface area contributed by atoms with Crippen molar-refractivity contribution in [1.82, 2.24) is 29.5 Å². The lowest BCUT2D eigenvalue weighted by atomic mass is 10.3. The fraction of sp³-hybridized carbons (Fsp3) is 0.211. The van der Waals surface area contributed by atoms with Crippen LogP contribution in [0.4, 0.5) is 0 Å². The van der Waals surface area contributed by atoms with Crippen LogP contribution in [0.1, 0.15) is 18.5 Å². The van der Waals surface area contributed by atoms with Crippen LogP contribution >= 0.6 is 0 Å². The molecule has 1 fully saturated rings. The lowest BCUT2D eigenvalue weighted by molar-refractivity contribution is 0.366. The van der Waals surface area contributed by atoms with Crippen molar-refractivity contribution in [3.05, 3.63) is 57.5 Å². The Kier molecular flexibility index (Phi) is 4.20. The summed E-state index contributed by atoms with van der Waals surface area (Å²) in [5.74, 6) is 0.720. The number of aromatic nitrogens is 6. The summed E-state index contributed by atoms with van der Waals surface area (Å²) in [6.07, 6.45) is 5.09. The fourth-order valence-corrected chi connectivity index (χ4v) is 2.91. The molecule has 0 amide bonds. The lowest BCUT2D eigenvalue weighted by Crippen LogP contribution is -2.23. The van der Waals surface area contributed by atoms with Crippen LogP contribution in [0.5, 0.6) is 23.4 Å². The van der Waals surface area contributed by atoms with Crippen molar-refractivity contribution >= 4 is 11.7 Å². The highest BCUT2D eigenvalue weighted by Gasteiger charge is 2.21. The van der Waals surface area contributed by atoms with Gasteiger partial charge in [-0.05, 0) is 31.1 Å². The molecule has 11 nitrogen and oxygen atoms in total. The first-order valence-corrected chi connectivity index (χ1v) is 9.24. The van der Waals surface area contributed by atoms with E-state index in [1.54, 1.807) is 31.5 Å². The Morgan fingerprint density at radius 2 is 2.03 bits per heavy atom. The smallest absolute Gasteiger partial charge is 0.327 e. The first-order valence-electron chi connectivity index (χ1n) is 9.24. The molecule has 30 heavy (non-hydrogen) atoms. The van der Waals surface area contributed by atoms with Crippen LogP contribution in [0, 0.1) is 0 Å². The Morgan fingerprint density at radius 1 is 1.23 bits per heavy atom. The summed E-state index contributed by atoms with van der Waals surface area (Å²) < 4.78 is 12.7. The van der Waals surface area contributed by atoms with Gasteiger partial charge in [0.05, 0.1) is 19.3 Å². The van der Waals surface area contributed by atoms with Gasteiger partial charge in [-0.3, -0.25) is 4.98 Å². The molecule has 1 aromatic carbocycles. The number of ether oxygens (including phenoxy) is 2. The molecule has 0 spiro atoms. The number of imidazole rings is 1. The predicted octanol–water partition coefficient (Wildman–Crippen LogP) is 0.258. The molecule has 4 aromatic rings. The largest absolute Gasteiger partial charge is 0.493 e. The second kappa shape index (κ2) is 7.03. The van der Waals surface area contributed by atoms with E-state index in [4.69, 9.17) is 9.47 Å². The van der Waals surface area contributed by atoms with Gasteiger partial charge in [0.25, 0.3) is 5.62 Å². The number of aromatic hydroxyl groups is 1. The summed E-state index contributed by atoms with van der Waals surface area (Å²) >= 11 is 0. The molecule has 0 saturated heterocycles. The normalized spacial score (nSPS) is 15.1. The summed E-state index contributed by atoms with van der Waals surface area (Å²) in [6.45, 7) is 0. The molecule has 0 unspecified atom stereocenters. The number of nitrogens with zero attached hydrogens (tertiary/aromatic N) is 5. The average molecular weight is 407 g/mol. The van der Waals surface area contributed by atoms with Gasteiger partial charge in [0.15, 0.2) is 17.1 Å². The minimum atomic E-state index is -0.519. The topological polar surface area (TPSA) is 143 Å². The number of hydrogen-bond acceptors (Lipinski definition) is 8. The zero-order chi connectivity index (χ0) is 20.7. The maximum atomic E-state index is 11.4. The number of nitrogens with one attached hydrogen (secondary N) is 2. The van der Waals surface area contributed by atoms with E-state index in [0.717, 1.165) is 12.8 Å². The van der Waals surface area contributed by atoms with Gasteiger partial charge in [0, 0.05) is 5.22 Å². The van der Waals surface area contributed by atoms with Gasteiger partial charge in [0.2, 0.25) is 5.88 Å².